The highest BCUT2D eigenvalue weighted by molar-refractivity contribution is 6.29. The standard InChI is InChI=1S/C15H18ClN3/c16-15-7-9-18-19(15)14-5-3-12(4-6-14)10-13-2-1-8-17-11-13/h3-7,9,13,17H,1-2,8,10-11H2. The summed E-state index contributed by atoms with van der Waals surface area (Å²) >= 11 is 6.06. The van der Waals surface area contributed by atoms with Crippen LogP contribution in [0, 0.1) is 5.92 Å². The van der Waals surface area contributed by atoms with E-state index in [0.29, 0.717) is 5.15 Å². The van der Waals surface area contributed by atoms with Crippen LogP contribution in [0.4, 0.5) is 0 Å². The molecule has 1 fully saturated rings. The third-order valence-corrected chi connectivity index (χ3v) is 3.99. The summed E-state index contributed by atoms with van der Waals surface area (Å²) in [6.07, 6.45) is 5.50. The van der Waals surface area contributed by atoms with Crippen molar-refractivity contribution in [3.8, 4) is 5.69 Å². The largest absolute Gasteiger partial charge is 0.316 e. The maximum Gasteiger partial charge on any atom is 0.132 e. The lowest BCUT2D eigenvalue weighted by Crippen LogP contribution is -2.30. The van der Waals surface area contributed by atoms with Gasteiger partial charge in [0.15, 0.2) is 0 Å². The predicted octanol–water partition coefficient (Wildman–Crippen LogP) is 3.07. The molecule has 3 nitrogen and oxygen atoms in total. The van der Waals surface area contributed by atoms with Crippen molar-refractivity contribution in [1.29, 1.82) is 0 Å². The van der Waals surface area contributed by atoms with E-state index in [2.05, 4.69) is 34.7 Å². The van der Waals surface area contributed by atoms with Gasteiger partial charge in [-0.3, -0.25) is 0 Å². The Bertz CT molecular complexity index is 527. The maximum absolute atomic E-state index is 6.06. The van der Waals surface area contributed by atoms with Gasteiger partial charge in [0.2, 0.25) is 0 Å². The third-order valence-electron chi connectivity index (χ3n) is 3.70. The first-order chi connectivity index (χ1) is 9.33. The normalized spacial score (nSPS) is 19.5. The summed E-state index contributed by atoms with van der Waals surface area (Å²) in [5, 5.41) is 8.31. The van der Waals surface area contributed by atoms with Crippen molar-refractivity contribution in [3.05, 3.63) is 47.2 Å². The van der Waals surface area contributed by atoms with E-state index in [0.717, 1.165) is 24.6 Å². The van der Waals surface area contributed by atoms with Crippen LogP contribution in [0.3, 0.4) is 0 Å². The molecule has 0 spiro atoms. The molecule has 1 saturated heterocycles. The van der Waals surface area contributed by atoms with E-state index in [1.165, 1.54) is 24.9 Å². The molecule has 2 aromatic rings. The van der Waals surface area contributed by atoms with E-state index in [4.69, 9.17) is 11.6 Å². The van der Waals surface area contributed by atoms with Crippen LogP contribution in [-0.4, -0.2) is 22.9 Å². The molecule has 1 aliphatic rings. The molecule has 1 unspecified atom stereocenters. The number of rotatable bonds is 3. The second-order valence-electron chi connectivity index (χ2n) is 5.15. The Labute approximate surface area is 118 Å². The summed E-state index contributed by atoms with van der Waals surface area (Å²) in [6.45, 7) is 2.32. The molecule has 1 aliphatic heterocycles. The molecule has 3 rings (SSSR count). The van der Waals surface area contributed by atoms with Crippen LogP contribution in [0.5, 0.6) is 0 Å². The smallest absolute Gasteiger partial charge is 0.132 e. The number of hydrogen-bond acceptors (Lipinski definition) is 2. The number of halogens is 1. The van der Waals surface area contributed by atoms with Crippen molar-refractivity contribution in [1.82, 2.24) is 15.1 Å². The second-order valence-corrected chi connectivity index (χ2v) is 5.54. The van der Waals surface area contributed by atoms with Gasteiger partial charge in [-0.25, -0.2) is 4.68 Å². The molecule has 2 heterocycles. The van der Waals surface area contributed by atoms with Crippen molar-refractivity contribution >= 4 is 11.6 Å². The van der Waals surface area contributed by atoms with Gasteiger partial charge in [-0.1, -0.05) is 23.7 Å². The first-order valence-corrected chi connectivity index (χ1v) is 7.20. The molecule has 0 saturated carbocycles. The number of nitrogens with one attached hydrogen (secondary N) is 1. The average molecular weight is 276 g/mol. The van der Waals surface area contributed by atoms with Crippen molar-refractivity contribution in [2.45, 2.75) is 19.3 Å². The number of hydrogen-bond donors (Lipinski definition) is 1. The fraction of sp³-hybridized carbons (Fsp3) is 0.400. The lowest BCUT2D eigenvalue weighted by Gasteiger charge is -2.22. The quantitative estimate of drug-likeness (QED) is 0.933. The highest BCUT2D eigenvalue weighted by atomic mass is 35.5. The molecule has 4 heteroatoms. The zero-order chi connectivity index (χ0) is 13.1. The fourth-order valence-corrected chi connectivity index (χ4v) is 2.88. The van der Waals surface area contributed by atoms with Gasteiger partial charge >= 0.3 is 0 Å². The van der Waals surface area contributed by atoms with E-state index in [1.54, 1.807) is 16.9 Å². The summed E-state index contributed by atoms with van der Waals surface area (Å²) in [7, 11) is 0. The fourth-order valence-electron chi connectivity index (χ4n) is 2.68. The molecular weight excluding hydrogens is 258 g/mol. The highest BCUT2D eigenvalue weighted by Gasteiger charge is 2.13. The molecule has 1 aromatic heterocycles. The van der Waals surface area contributed by atoms with Gasteiger partial charge in [-0.15, -0.1) is 0 Å². The topological polar surface area (TPSA) is 29.9 Å². The Balaban J connectivity index is 1.70. The molecule has 0 amide bonds. The van der Waals surface area contributed by atoms with E-state index >= 15 is 0 Å². The molecule has 0 aliphatic carbocycles. The SMILES string of the molecule is Clc1ccnn1-c1ccc(CC2CCCNC2)cc1. The average Bonchev–Trinajstić information content (AvgIpc) is 2.87. The summed E-state index contributed by atoms with van der Waals surface area (Å²) in [5.41, 5.74) is 2.40. The zero-order valence-electron chi connectivity index (χ0n) is 10.8. The van der Waals surface area contributed by atoms with Gasteiger partial charge in [0.25, 0.3) is 0 Å². The first-order valence-electron chi connectivity index (χ1n) is 6.82. The monoisotopic (exact) mass is 275 g/mol. The summed E-state index contributed by atoms with van der Waals surface area (Å²) in [6, 6.07) is 10.3. The van der Waals surface area contributed by atoms with E-state index < -0.39 is 0 Å². The van der Waals surface area contributed by atoms with Gasteiger partial charge in [0.05, 0.1) is 11.9 Å². The third kappa shape index (κ3) is 2.99. The predicted molar refractivity (Wildman–Crippen MR) is 77.9 cm³/mol. The van der Waals surface area contributed by atoms with Crippen LogP contribution >= 0.6 is 11.6 Å². The molecule has 1 N–H and O–H groups in total. The van der Waals surface area contributed by atoms with Crippen LogP contribution in [-0.2, 0) is 6.42 Å². The van der Waals surface area contributed by atoms with Gasteiger partial charge in [0, 0.05) is 0 Å². The van der Waals surface area contributed by atoms with Crippen molar-refractivity contribution in [2.24, 2.45) is 5.92 Å². The number of piperidine rings is 1. The number of benzene rings is 1. The van der Waals surface area contributed by atoms with Crippen LogP contribution in [0.2, 0.25) is 5.15 Å². The van der Waals surface area contributed by atoms with Crippen LogP contribution in [0.15, 0.2) is 36.5 Å². The summed E-state index contributed by atoms with van der Waals surface area (Å²) in [5.74, 6) is 0.771. The van der Waals surface area contributed by atoms with Gasteiger partial charge in [-0.05, 0) is 62.0 Å². The van der Waals surface area contributed by atoms with E-state index in [1.807, 2.05) is 0 Å². The highest BCUT2D eigenvalue weighted by Crippen LogP contribution is 2.19. The maximum atomic E-state index is 6.06. The molecule has 100 valence electrons. The lowest BCUT2D eigenvalue weighted by atomic mass is 9.92. The van der Waals surface area contributed by atoms with Crippen LogP contribution in [0.1, 0.15) is 18.4 Å². The summed E-state index contributed by atoms with van der Waals surface area (Å²) < 4.78 is 1.74. The Hall–Kier alpha value is -1.32. The van der Waals surface area contributed by atoms with Crippen molar-refractivity contribution in [3.63, 3.8) is 0 Å². The molecule has 0 bridgehead atoms. The van der Waals surface area contributed by atoms with Crippen molar-refractivity contribution in [2.75, 3.05) is 13.1 Å². The van der Waals surface area contributed by atoms with E-state index in [-0.39, 0.29) is 0 Å². The van der Waals surface area contributed by atoms with Crippen LogP contribution in [0.25, 0.3) is 5.69 Å². The van der Waals surface area contributed by atoms with E-state index in [9.17, 15) is 0 Å². The molecule has 1 atom stereocenters. The van der Waals surface area contributed by atoms with Gasteiger partial charge in [-0.2, -0.15) is 5.10 Å². The second kappa shape index (κ2) is 5.76. The molecule has 0 radical (unpaired) electrons. The van der Waals surface area contributed by atoms with Gasteiger partial charge in [0.1, 0.15) is 5.15 Å². The lowest BCUT2D eigenvalue weighted by molar-refractivity contribution is 0.376. The van der Waals surface area contributed by atoms with Crippen LogP contribution < -0.4 is 5.32 Å². The Morgan fingerprint density at radius 1 is 1.26 bits per heavy atom. The zero-order valence-corrected chi connectivity index (χ0v) is 11.6. The Kier molecular flexibility index (Phi) is 3.85. The first kappa shape index (κ1) is 12.7. The Morgan fingerprint density at radius 3 is 2.74 bits per heavy atom. The number of nitrogens with zero attached hydrogens (tertiary/aromatic N) is 2. The minimum Gasteiger partial charge on any atom is -0.316 e. The minimum atomic E-state index is 0.643. The molecule has 1 aromatic carbocycles. The number of aromatic nitrogens is 2. The molecule has 19 heavy (non-hydrogen) atoms. The van der Waals surface area contributed by atoms with Gasteiger partial charge < -0.3 is 5.32 Å². The minimum absolute atomic E-state index is 0.643. The summed E-state index contributed by atoms with van der Waals surface area (Å²) in [4.78, 5) is 0. The molecular formula is C15H18ClN3. The van der Waals surface area contributed by atoms with Crippen molar-refractivity contribution < 1.29 is 0 Å². The Morgan fingerprint density at radius 2 is 2.11 bits per heavy atom.